The number of rotatable bonds is 5. The summed E-state index contributed by atoms with van der Waals surface area (Å²) in [6.07, 6.45) is 0.815. The van der Waals surface area contributed by atoms with Crippen LogP contribution in [0.15, 0.2) is 35.1 Å². The van der Waals surface area contributed by atoms with Crippen LogP contribution in [0.3, 0.4) is 0 Å². The fourth-order valence-electron chi connectivity index (χ4n) is 2.90. The molecule has 0 saturated carbocycles. The number of benzene rings is 2. The van der Waals surface area contributed by atoms with Crippen LogP contribution in [0, 0.1) is 13.8 Å². The van der Waals surface area contributed by atoms with Crippen LogP contribution >= 0.6 is 11.6 Å². The Balaban J connectivity index is 2.01. The number of aromatic nitrogens is 4. The van der Waals surface area contributed by atoms with Crippen molar-refractivity contribution in [3.8, 4) is 11.4 Å². The molecule has 0 atom stereocenters. The van der Waals surface area contributed by atoms with E-state index in [1.165, 1.54) is 9.36 Å². The fourth-order valence-corrected chi connectivity index (χ4v) is 3.05. The van der Waals surface area contributed by atoms with E-state index in [4.69, 9.17) is 16.3 Å². The van der Waals surface area contributed by atoms with Crippen molar-refractivity contribution < 1.29 is 4.74 Å². The van der Waals surface area contributed by atoms with E-state index in [0.29, 0.717) is 17.3 Å². The van der Waals surface area contributed by atoms with Crippen LogP contribution in [0.1, 0.15) is 29.2 Å². The van der Waals surface area contributed by atoms with Gasteiger partial charge in [0.1, 0.15) is 12.4 Å². The smallest absolute Gasteiger partial charge is 0.368 e. The Morgan fingerprint density at radius 2 is 1.92 bits per heavy atom. The van der Waals surface area contributed by atoms with Crippen molar-refractivity contribution in [2.75, 3.05) is 0 Å². The first-order chi connectivity index (χ1) is 12.4. The van der Waals surface area contributed by atoms with Gasteiger partial charge in [0.15, 0.2) is 0 Å². The molecule has 0 aliphatic heterocycles. The molecule has 1 heterocycles. The molecule has 26 heavy (non-hydrogen) atoms. The predicted molar refractivity (Wildman–Crippen MR) is 101 cm³/mol. The molecule has 0 unspecified atom stereocenters. The number of halogens is 1. The lowest BCUT2D eigenvalue weighted by Gasteiger charge is -2.16. The molecule has 0 radical (unpaired) electrons. The Hall–Kier alpha value is -2.60. The Kier molecular flexibility index (Phi) is 5.13. The molecule has 0 saturated heterocycles. The number of aryl methyl sites for hydroxylation is 4. The summed E-state index contributed by atoms with van der Waals surface area (Å²) in [5.74, 6) is 0.726. The maximum atomic E-state index is 12.3. The average molecular weight is 373 g/mol. The highest BCUT2D eigenvalue weighted by Gasteiger charge is 2.15. The van der Waals surface area contributed by atoms with Crippen molar-refractivity contribution in [3.05, 3.63) is 68.1 Å². The van der Waals surface area contributed by atoms with E-state index in [1.54, 1.807) is 7.05 Å². The van der Waals surface area contributed by atoms with E-state index < -0.39 is 0 Å². The van der Waals surface area contributed by atoms with Gasteiger partial charge in [0, 0.05) is 17.6 Å². The minimum Gasteiger partial charge on any atom is -0.488 e. The molecule has 0 spiro atoms. The van der Waals surface area contributed by atoms with Gasteiger partial charge in [-0.15, -0.1) is 0 Å². The van der Waals surface area contributed by atoms with Gasteiger partial charge in [0.05, 0.1) is 5.69 Å². The molecule has 3 aromatic rings. The first-order valence-electron chi connectivity index (χ1n) is 8.42. The Morgan fingerprint density at radius 1 is 1.15 bits per heavy atom. The van der Waals surface area contributed by atoms with Gasteiger partial charge in [-0.2, -0.15) is 9.36 Å². The molecule has 0 bridgehead atoms. The zero-order valence-electron chi connectivity index (χ0n) is 15.3. The van der Waals surface area contributed by atoms with Crippen molar-refractivity contribution in [3.63, 3.8) is 0 Å². The molecule has 3 rings (SSSR count). The zero-order chi connectivity index (χ0) is 18.8. The molecule has 0 aliphatic carbocycles. The highest BCUT2D eigenvalue weighted by Crippen LogP contribution is 2.28. The van der Waals surface area contributed by atoms with Crippen LogP contribution in [0.25, 0.3) is 5.69 Å². The molecule has 7 heteroatoms. The minimum atomic E-state index is -0.297. The van der Waals surface area contributed by atoms with Crippen molar-refractivity contribution >= 4 is 11.6 Å². The Bertz CT molecular complexity index is 1010. The first-order valence-corrected chi connectivity index (χ1v) is 8.79. The molecular formula is C19H21ClN4O2. The Morgan fingerprint density at radius 3 is 2.58 bits per heavy atom. The number of nitrogens with zero attached hydrogens (tertiary/aromatic N) is 4. The summed E-state index contributed by atoms with van der Waals surface area (Å²) < 4.78 is 8.56. The lowest BCUT2D eigenvalue weighted by atomic mass is 10.0. The number of ether oxygens (including phenoxy) is 1. The maximum Gasteiger partial charge on any atom is 0.368 e. The highest BCUT2D eigenvalue weighted by atomic mass is 35.5. The highest BCUT2D eigenvalue weighted by molar-refractivity contribution is 6.31. The summed E-state index contributed by atoms with van der Waals surface area (Å²) in [5, 5.41) is 8.43. The minimum absolute atomic E-state index is 0.297. The molecule has 2 aromatic carbocycles. The van der Waals surface area contributed by atoms with E-state index in [0.717, 1.165) is 34.4 Å². The second-order valence-corrected chi connectivity index (χ2v) is 6.63. The van der Waals surface area contributed by atoms with Crippen molar-refractivity contribution in [2.45, 2.75) is 33.8 Å². The normalized spacial score (nSPS) is 11.0. The third-order valence-electron chi connectivity index (χ3n) is 4.41. The SMILES string of the molecule is CCc1cccc(-n2nnn(C)c2=O)c1COc1cc(Cl)c(C)cc1C. The van der Waals surface area contributed by atoms with Crippen LogP contribution in [-0.2, 0) is 20.1 Å². The average Bonchev–Trinajstić information content (AvgIpc) is 2.95. The van der Waals surface area contributed by atoms with Gasteiger partial charge in [-0.25, -0.2) is 4.79 Å². The van der Waals surface area contributed by atoms with Gasteiger partial charge in [-0.05, 0) is 59.5 Å². The standard InChI is InChI=1S/C19H21ClN4O2/c1-5-14-7-6-8-17(24-19(25)23(4)21-22-24)15(14)11-26-18-10-16(20)12(2)9-13(18)3/h6-10H,5,11H2,1-4H3. The second kappa shape index (κ2) is 7.33. The lowest BCUT2D eigenvalue weighted by Crippen LogP contribution is -2.23. The molecule has 136 valence electrons. The summed E-state index contributed by atoms with van der Waals surface area (Å²) in [6, 6.07) is 9.61. The third-order valence-corrected chi connectivity index (χ3v) is 4.81. The summed E-state index contributed by atoms with van der Waals surface area (Å²) in [6.45, 7) is 6.32. The Labute approximate surface area is 157 Å². The van der Waals surface area contributed by atoms with Gasteiger partial charge in [-0.3, -0.25) is 0 Å². The molecule has 6 nitrogen and oxygen atoms in total. The van der Waals surface area contributed by atoms with Crippen molar-refractivity contribution in [1.82, 2.24) is 19.8 Å². The van der Waals surface area contributed by atoms with Gasteiger partial charge in [0.2, 0.25) is 0 Å². The topological polar surface area (TPSA) is 61.9 Å². The van der Waals surface area contributed by atoms with Crippen LogP contribution in [0.2, 0.25) is 5.02 Å². The predicted octanol–water partition coefficient (Wildman–Crippen LogP) is 3.38. The third kappa shape index (κ3) is 3.37. The first kappa shape index (κ1) is 18.2. The molecule has 0 amide bonds. The van der Waals surface area contributed by atoms with Crippen molar-refractivity contribution in [2.24, 2.45) is 7.05 Å². The molecule has 1 aromatic heterocycles. The maximum absolute atomic E-state index is 12.3. The zero-order valence-corrected chi connectivity index (χ0v) is 16.0. The lowest BCUT2D eigenvalue weighted by molar-refractivity contribution is 0.302. The van der Waals surface area contributed by atoms with Crippen LogP contribution < -0.4 is 10.4 Å². The van der Waals surface area contributed by atoms with Gasteiger partial charge in [-0.1, -0.05) is 36.7 Å². The summed E-state index contributed by atoms with van der Waals surface area (Å²) in [4.78, 5) is 12.3. The summed E-state index contributed by atoms with van der Waals surface area (Å²) >= 11 is 6.23. The summed E-state index contributed by atoms with van der Waals surface area (Å²) in [5.41, 5.74) is 4.41. The molecule has 0 aliphatic rings. The van der Waals surface area contributed by atoms with E-state index in [1.807, 2.05) is 44.2 Å². The van der Waals surface area contributed by atoms with E-state index in [9.17, 15) is 4.79 Å². The number of hydrogen-bond acceptors (Lipinski definition) is 4. The van der Waals surface area contributed by atoms with E-state index >= 15 is 0 Å². The second-order valence-electron chi connectivity index (χ2n) is 6.22. The number of tetrazole rings is 1. The van der Waals surface area contributed by atoms with Crippen LogP contribution in [-0.4, -0.2) is 19.8 Å². The van der Waals surface area contributed by atoms with Gasteiger partial charge < -0.3 is 4.74 Å². The largest absolute Gasteiger partial charge is 0.488 e. The van der Waals surface area contributed by atoms with Crippen molar-refractivity contribution in [1.29, 1.82) is 0 Å². The van der Waals surface area contributed by atoms with Crippen LogP contribution in [0.4, 0.5) is 0 Å². The van der Waals surface area contributed by atoms with Crippen LogP contribution in [0.5, 0.6) is 5.75 Å². The molecule has 0 N–H and O–H groups in total. The fraction of sp³-hybridized carbons (Fsp3) is 0.316. The van der Waals surface area contributed by atoms with Gasteiger partial charge >= 0.3 is 5.69 Å². The molecule has 0 fully saturated rings. The monoisotopic (exact) mass is 372 g/mol. The van der Waals surface area contributed by atoms with Gasteiger partial charge in [0.25, 0.3) is 0 Å². The quantitative estimate of drug-likeness (QED) is 0.688. The number of hydrogen-bond donors (Lipinski definition) is 0. The van der Waals surface area contributed by atoms with E-state index in [-0.39, 0.29) is 5.69 Å². The molecular weight excluding hydrogens is 352 g/mol. The van der Waals surface area contributed by atoms with E-state index in [2.05, 4.69) is 17.4 Å². The summed E-state index contributed by atoms with van der Waals surface area (Å²) in [7, 11) is 1.57.